The summed E-state index contributed by atoms with van der Waals surface area (Å²) in [6.07, 6.45) is 2.09. The smallest absolute Gasteiger partial charge is 0.119 e. The molecule has 0 aliphatic carbocycles. The Labute approximate surface area is 84.7 Å². The Morgan fingerprint density at radius 2 is 2.00 bits per heavy atom. The van der Waals surface area contributed by atoms with Crippen molar-refractivity contribution in [3.05, 3.63) is 36.2 Å². The first kappa shape index (κ1) is 10.4. The van der Waals surface area contributed by atoms with Gasteiger partial charge in [0, 0.05) is 5.02 Å². The van der Waals surface area contributed by atoms with Crippen molar-refractivity contribution in [2.45, 2.75) is 25.9 Å². The van der Waals surface area contributed by atoms with E-state index in [4.69, 9.17) is 16.3 Å². The molecular formula is C11H14ClO. The number of halogens is 1. The summed E-state index contributed by atoms with van der Waals surface area (Å²) in [5.74, 6) is 0.831. The van der Waals surface area contributed by atoms with Crippen LogP contribution in [-0.2, 0) is 0 Å². The molecule has 0 spiro atoms. The van der Waals surface area contributed by atoms with E-state index in [0.29, 0.717) is 0 Å². The van der Waals surface area contributed by atoms with Gasteiger partial charge in [0.1, 0.15) is 5.75 Å². The highest BCUT2D eigenvalue weighted by molar-refractivity contribution is 6.30. The van der Waals surface area contributed by atoms with Gasteiger partial charge in [-0.25, -0.2) is 0 Å². The van der Waals surface area contributed by atoms with Gasteiger partial charge in [-0.3, -0.25) is 0 Å². The van der Waals surface area contributed by atoms with Crippen LogP contribution in [0.1, 0.15) is 19.8 Å². The predicted octanol–water partition coefficient (Wildman–Crippen LogP) is 3.72. The minimum atomic E-state index is 0.0335. The second-order valence-corrected chi connectivity index (χ2v) is 3.42. The molecule has 1 unspecified atom stereocenters. The summed E-state index contributed by atoms with van der Waals surface area (Å²) >= 11 is 5.74. The molecule has 2 heteroatoms. The van der Waals surface area contributed by atoms with Crippen LogP contribution in [0, 0.1) is 6.92 Å². The predicted molar refractivity (Wildman–Crippen MR) is 56.1 cm³/mol. The van der Waals surface area contributed by atoms with Gasteiger partial charge >= 0.3 is 0 Å². The summed E-state index contributed by atoms with van der Waals surface area (Å²) in [5.41, 5.74) is 0. The number of hydrogen-bond acceptors (Lipinski definition) is 1. The lowest BCUT2D eigenvalue weighted by Crippen LogP contribution is -2.11. The van der Waals surface area contributed by atoms with Gasteiger partial charge < -0.3 is 4.74 Å². The molecule has 71 valence electrons. The maximum atomic E-state index is 5.74. The number of hydrogen-bond donors (Lipinski definition) is 0. The highest BCUT2D eigenvalue weighted by Crippen LogP contribution is 2.17. The van der Waals surface area contributed by atoms with E-state index < -0.39 is 0 Å². The van der Waals surface area contributed by atoms with Crippen molar-refractivity contribution in [2.24, 2.45) is 0 Å². The molecular weight excluding hydrogens is 184 g/mol. The molecule has 1 radical (unpaired) electrons. The van der Waals surface area contributed by atoms with Crippen LogP contribution in [-0.4, -0.2) is 6.10 Å². The second-order valence-electron chi connectivity index (χ2n) is 2.98. The third-order valence-corrected chi connectivity index (χ3v) is 1.98. The van der Waals surface area contributed by atoms with Gasteiger partial charge in [-0.05, 0) is 37.6 Å². The lowest BCUT2D eigenvalue weighted by Gasteiger charge is -2.13. The molecule has 0 aliphatic heterocycles. The van der Waals surface area contributed by atoms with Crippen molar-refractivity contribution < 1.29 is 4.74 Å². The molecule has 1 nitrogen and oxygen atoms in total. The van der Waals surface area contributed by atoms with E-state index in [1.54, 1.807) is 0 Å². The molecule has 1 aromatic rings. The average molecular weight is 198 g/mol. The zero-order valence-electron chi connectivity index (χ0n) is 7.79. The minimum Gasteiger partial charge on any atom is -0.490 e. The van der Waals surface area contributed by atoms with Crippen LogP contribution in [0.5, 0.6) is 5.75 Å². The van der Waals surface area contributed by atoms with Gasteiger partial charge in [-0.1, -0.05) is 24.9 Å². The number of rotatable bonds is 4. The summed E-state index contributed by atoms with van der Waals surface area (Å²) in [6, 6.07) is 7.34. The van der Waals surface area contributed by atoms with Gasteiger partial charge in [0.25, 0.3) is 0 Å². The summed E-state index contributed by atoms with van der Waals surface area (Å²) in [7, 11) is 0. The SMILES string of the molecule is [CH2]C(CCC)Oc1ccc(Cl)cc1. The Kier molecular flexibility index (Phi) is 4.10. The molecule has 1 aromatic carbocycles. The fourth-order valence-corrected chi connectivity index (χ4v) is 1.21. The van der Waals surface area contributed by atoms with Gasteiger partial charge in [0.05, 0.1) is 6.10 Å². The zero-order valence-corrected chi connectivity index (χ0v) is 8.55. The van der Waals surface area contributed by atoms with Crippen LogP contribution in [0.4, 0.5) is 0 Å². The van der Waals surface area contributed by atoms with E-state index in [-0.39, 0.29) is 6.10 Å². The molecule has 0 heterocycles. The molecule has 1 rings (SSSR count). The lowest BCUT2D eigenvalue weighted by molar-refractivity contribution is 0.235. The summed E-state index contributed by atoms with van der Waals surface area (Å²) in [6.45, 7) is 6.00. The van der Waals surface area contributed by atoms with Crippen LogP contribution < -0.4 is 4.74 Å². The first-order valence-electron chi connectivity index (χ1n) is 4.47. The molecule has 0 aromatic heterocycles. The van der Waals surface area contributed by atoms with E-state index in [1.807, 2.05) is 24.3 Å². The Hall–Kier alpha value is -0.690. The summed E-state index contributed by atoms with van der Waals surface area (Å²) in [5, 5.41) is 0.725. The fourth-order valence-electron chi connectivity index (χ4n) is 1.09. The topological polar surface area (TPSA) is 9.23 Å². The largest absolute Gasteiger partial charge is 0.490 e. The van der Waals surface area contributed by atoms with Crippen LogP contribution in [0.25, 0.3) is 0 Å². The maximum absolute atomic E-state index is 5.74. The Balaban J connectivity index is 2.49. The molecule has 0 saturated heterocycles. The third-order valence-electron chi connectivity index (χ3n) is 1.73. The first-order chi connectivity index (χ1) is 6.22. The average Bonchev–Trinajstić information content (AvgIpc) is 2.09. The monoisotopic (exact) mass is 197 g/mol. The van der Waals surface area contributed by atoms with Crippen LogP contribution >= 0.6 is 11.6 Å². The van der Waals surface area contributed by atoms with E-state index >= 15 is 0 Å². The summed E-state index contributed by atoms with van der Waals surface area (Å²) < 4.78 is 5.54. The third kappa shape index (κ3) is 3.69. The van der Waals surface area contributed by atoms with Gasteiger partial charge in [-0.15, -0.1) is 0 Å². The molecule has 13 heavy (non-hydrogen) atoms. The Bertz CT molecular complexity index is 243. The molecule has 0 bridgehead atoms. The zero-order chi connectivity index (χ0) is 9.68. The quantitative estimate of drug-likeness (QED) is 0.715. The van der Waals surface area contributed by atoms with Crippen LogP contribution in [0.15, 0.2) is 24.3 Å². The van der Waals surface area contributed by atoms with Crippen molar-refractivity contribution in [2.75, 3.05) is 0 Å². The number of ether oxygens (including phenoxy) is 1. The highest BCUT2D eigenvalue weighted by Gasteiger charge is 2.01. The molecule has 0 amide bonds. The van der Waals surface area contributed by atoms with Gasteiger partial charge in [0.15, 0.2) is 0 Å². The minimum absolute atomic E-state index is 0.0335. The van der Waals surface area contributed by atoms with E-state index in [1.165, 1.54) is 0 Å². The van der Waals surface area contributed by atoms with E-state index in [2.05, 4.69) is 13.8 Å². The van der Waals surface area contributed by atoms with E-state index in [0.717, 1.165) is 23.6 Å². The fraction of sp³-hybridized carbons (Fsp3) is 0.364. The maximum Gasteiger partial charge on any atom is 0.119 e. The van der Waals surface area contributed by atoms with Crippen molar-refractivity contribution in [3.63, 3.8) is 0 Å². The lowest BCUT2D eigenvalue weighted by atomic mass is 10.2. The first-order valence-corrected chi connectivity index (χ1v) is 4.85. The van der Waals surface area contributed by atoms with Crippen molar-refractivity contribution in [3.8, 4) is 5.75 Å². The number of benzene rings is 1. The van der Waals surface area contributed by atoms with E-state index in [9.17, 15) is 0 Å². The molecule has 1 atom stereocenters. The van der Waals surface area contributed by atoms with Crippen molar-refractivity contribution in [1.82, 2.24) is 0 Å². The van der Waals surface area contributed by atoms with Gasteiger partial charge in [0.2, 0.25) is 0 Å². The normalized spacial score (nSPS) is 12.5. The summed E-state index contributed by atoms with van der Waals surface area (Å²) in [4.78, 5) is 0. The molecule has 0 aliphatic rings. The second kappa shape index (κ2) is 5.13. The van der Waals surface area contributed by atoms with Crippen LogP contribution in [0.2, 0.25) is 5.02 Å². The molecule has 0 saturated carbocycles. The standard InChI is InChI=1S/C11H14ClO/c1-3-4-9(2)13-11-7-5-10(12)6-8-11/h5-9H,2-4H2,1H3. The Morgan fingerprint density at radius 3 is 2.54 bits per heavy atom. The highest BCUT2D eigenvalue weighted by atomic mass is 35.5. The molecule has 0 fully saturated rings. The Morgan fingerprint density at radius 1 is 1.38 bits per heavy atom. The van der Waals surface area contributed by atoms with Crippen LogP contribution in [0.3, 0.4) is 0 Å². The van der Waals surface area contributed by atoms with Crippen molar-refractivity contribution in [1.29, 1.82) is 0 Å². The van der Waals surface area contributed by atoms with Crippen molar-refractivity contribution >= 4 is 11.6 Å². The van der Waals surface area contributed by atoms with Gasteiger partial charge in [-0.2, -0.15) is 0 Å². The molecule has 0 N–H and O–H groups in total.